The van der Waals surface area contributed by atoms with Crippen LogP contribution < -0.4 is 16.2 Å². The number of nitrogens with zero attached hydrogens (tertiary/aromatic N) is 1. The zero-order valence-corrected chi connectivity index (χ0v) is 12.8. The van der Waals surface area contributed by atoms with Gasteiger partial charge in [-0.1, -0.05) is 24.3 Å². The molecule has 1 fully saturated rings. The van der Waals surface area contributed by atoms with Crippen molar-refractivity contribution in [1.82, 2.24) is 15.8 Å². The molecule has 2 unspecified atom stereocenters. The Morgan fingerprint density at radius 3 is 2.59 bits per heavy atom. The van der Waals surface area contributed by atoms with E-state index in [1.54, 1.807) is 6.20 Å². The second kappa shape index (κ2) is 6.25. The topological polar surface area (TPSA) is 66.0 Å². The zero-order valence-electron chi connectivity index (χ0n) is 12.8. The van der Waals surface area contributed by atoms with Crippen molar-refractivity contribution in [2.24, 2.45) is 0 Å². The number of hydrogen-bond acceptors (Lipinski definition) is 4. The lowest BCUT2D eigenvalue weighted by molar-refractivity contribution is -0.117. The van der Waals surface area contributed by atoms with Crippen molar-refractivity contribution in [2.45, 2.75) is 32.4 Å². The van der Waals surface area contributed by atoms with E-state index in [-0.39, 0.29) is 18.0 Å². The molecule has 2 atom stereocenters. The molecule has 0 radical (unpaired) electrons. The zero-order chi connectivity index (χ0) is 15.5. The first-order valence-corrected chi connectivity index (χ1v) is 7.44. The molecule has 0 aliphatic carbocycles. The van der Waals surface area contributed by atoms with Gasteiger partial charge in [0, 0.05) is 11.9 Å². The third kappa shape index (κ3) is 3.00. The lowest BCUT2D eigenvalue weighted by atomic mass is 10.1. The summed E-state index contributed by atoms with van der Waals surface area (Å²) in [6.45, 7) is 4.00. The lowest BCUT2D eigenvalue weighted by Gasteiger charge is -2.14. The number of aryl methyl sites for hydroxylation is 2. The number of hydrazine groups is 1. The number of benzene rings is 1. The van der Waals surface area contributed by atoms with Crippen LogP contribution in [-0.4, -0.2) is 16.9 Å². The van der Waals surface area contributed by atoms with Crippen LogP contribution in [-0.2, 0) is 4.79 Å². The fourth-order valence-corrected chi connectivity index (χ4v) is 2.73. The van der Waals surface area contributed by atoms with E-state index in [9.17, 15) is 4.79 Å². The summed E-state index contributed by atoms with van der Waals surface area (Å²) in [6, 6.07) is 11.6. The summed E-state index contributed by atoms with van der Waals surface area (Å²) in [6.07, 6.45) is 2.44. The van der Waals surface area contributed by atoms with Crippen LogP contribution in [0.4, 0.5) is 5.69 Å². The molecule has 5 heteroatoms. The van der Waals surface area contributed by atoms with E-state index in [1.165, 1.54) is 0 Å². The normalized spacial score (nSPS) is 20.8. The van der Waals surface area contributed by atoms with Crippen molar-refractivity contribution < 1.29 is 4.79 Å². The Kier molecular flexibility index (Phi) is 4.18. The maximum Gasteiger partial charge on any atom is 0.242 e. The van der Waals surface area contributed by atoms with Gasteiger partial charge < -0.3 is 5.32 Å². The molecule has 5 nitrogen and oxygen atoms in total. The van der Waals surface area contributed by atoms with E-state index < -0.39 is 0 Å². The Balaban J connectivity index is 1.67. The Bertz CT molecular complexity index is 651. The van der Waals surface area contributed by atoms with Gasteiger partial charge in [-0.3, -0.25) is 9.78 Å². The molecule has 22 heavy (non-hydrogen) atoms. The van der Waals surface area contributed by atoms with Crippen LogP contribution in [0.1, 0.15) is 29.3 Å². The molecule has 1 aromatic carbocycles. The van der Waals surface area contributed by atoms with Crippen LogP contribution >= 0.6 is 0 Å². The molecule has 0 spiro atoms. The SMILES string of the molecule is Cc1cccc(C)c1NC(=O)C1CC(c2ccccn2)NN1. The third-order valence-corrected chi connectivity index (χ3v) is 3.99. The summed E-state index contributed by atoms with van der Waals surface area (Å²) in [4.78, 5) is 16.8. The molecule has 0 bridgehead atoms. The van der Waals surface area contributed by atoms with Crippen molar-refractivity contribution in [1.29, 1.82) is 0 Å². The molecule has 2 aromatic rings. The first-order chi connectivity index (χ1) is 10.6. The predicted molar refractivity (Wildman–Crippen MR) is 86.2 cm³/mol. The summed E-state index contributed by atoms with van der Waals surface area (Å²) >= 11 is 0. The van der Waals surface area contributed by atoms with Gasteiger partial charge in [0.1, 0.15) is 6.04 Å². The largest absolute Gasteiger partial charge is 0.324 e. The van der Waals surface area contributed by atoms with Crippen LogP contribution in [0.3, 0.4) is 0 Å². The molecule has 114 valence electrons. The molecular formula is C17H20N4O. The van der Waals surface area contributed by atoms with Gasteiger partial charge in [0.2, 0.25) is 5.91 Å². The summed E-state index contributed by atoms with van der Waals surface area (Å²) in [5, 5.41) is 3.03. The van der Waals surface area contributed by atoms with Crippen molar-refractivity contribution in [3.63, 3.8) is 0 Å². The highest BCUT2D eigenvalue weighted by Crippen LogP contribution is 2.23. The Labute approximate surface area is 130 Å². The van der Waals surface area contributed by atoms with Crippen molar-refractivity contribution in [2.75, 3.05) is 5.32 Å². The average molecular weight is 296 g/mol. The van der Waals surface area contributed by atoms with Crippen molar-refractivity contribution >= 4 is 11.6 Å². The molecular weight excluding hydrogens is 276 g/mol. The molecule has 1 aromatic heterocycles. The summed E-state index contributed by atoms with van der Waals surface area (Å²) in [7, 11) is 0. The monoisotopic (exact) mass is 296 g/mol. The van der Waals surface area contributed by atoms with Gasteiger partial charge in [0.15, 0.2) is 0 Å². The van der Waals surface area contributed by atoms with Crippen molar-refractivity contribution in [3.8, 4) is 0 Å². The fraction of sp³-hybridized carbons (Fsp3) is 0.294. The third-order valence-electron chi connectivity index (χ3n) is 3.99. The van der Waals surface area contributed by atoms with Gasteiger partial charge in [-0.05, 0) is 43.5 Å². The number of pyridine rings is 1. The van der Waals surface area contributed by atoms with E-state index in [4.69, 9.17) is 0 Å². The molecule has 2 heterocycles. The standard InChI is InChI=1S/C17H20N4O/c1-11-6-5-7-12(2)16(11)19-17(22)15-10-14(20-21-15)13-8-3-4-9-18-13/h3-9,14-15,20-21H,10H2,1-2H3,(H,19,22). The van der Waals surface area contributed by atoms with E-state index in [2.05, 4.69) is 21.2 Å². The maximum atomic E-state index is 12.5. The summed E-state index contributed by atoms with van der Waals surface area (Å²) in [5.41, 5.74) is 10.2. The van der Waals surface area contributed by atoms with Crippen LogP contribution in [0.25, 0.3) is 0 Å². The van der Waals surface area contributed by atoms with Gasteiger partial charge in [-0.25, -0.2) is 10.9 Å². The number of carbonyl (C=O) groups excluding carboxylic acids is 1. The van der Waals surface area contributed by atoms with E-state index in [1.807, 2.05) is 50.2 Å². The van der Waals surface area contributed by atoms with Crippen LogP contribution in [0.15, 0.2) is 42.6 Å². The molecule has 1 saturated heterocycles. The first kappa shape index (κ1) is 14.7. The predicted octanol–water partition coefficient (Wildman–Crippen LogP) is 2.24. The highest BCUT2D eigenvalue weighted by Gasteiger charge is 2.31. The maximum absolute atomic E-state index is 12.5. The Morgan fingerprint density at radius 2 is 1.91 bits per heavy atom. The number of amides is 1. The summed E-state index contributed by atoms with van der Waals surface area (Å²) in [5.74, 6) is -0.0247. The fourth-order valence-electron chi connectivity index (χ4n) is 2.73. The highest BCUT2D eigenvalue weighted by molar-refractivity contribution is 5.96. The van der Waals surface area contributed by atoms with Crippen molar-refractivity contribution in [3.05, 3.63) is 59.4 Å². The lowest BCUT2D eigenvalue weighted by Crippen LogP contribution is -2.39. The average Bonchev–Trinajstić information content (AvgIpc) is 3.02. The van der Waals surface area contributed by atoms with Gasteiger partial charge in [-0.2, -0.15) is 0 Å². The molecule has 0 saturated carbocycles. The number of anilines is 1. The Morgan fingerprint density at radius 1 is 1.14 bits per heavy atom. The van der Waals surface area contributed by atoms with E-state index >= 15 is 0 Å². The molecule has 3 N–H and O–H groups in total. The quantitative estimate of drug-likeness (QED) is 0.813. The van der Waals surface area contributed by atoms with Gasteiger partial charge in [-0.15, -0.1) is 0 Å². The molecule has 1 amide bonds. The number of carbonyl (C=O) groups is 1. The second-order valence-corrected chi connectivity index (χ2v) is 5.64. The Hall–Kier alpha value is -2.24. The minimum atomic E-state index is -0.272. The number of aromatic nitrogens is 1. The van der Waals surface area contributed by atoms with E-state index in [0.29, 0.717) is 6.42 Å². The first-order valence-electron chi connectivity index (χ1n) is 7.44. The second-order valence-electron chi connectivity index (χ2n) is 5.64. The number of hydrogen-bond donors (Lipinski definition) is 3. The smallest absolute Gasteiger partial charge is 0.242 e. The van der Waals surface area contributed by atoms with Crippen LogP contribution in [0.2, 0.25) is 0 Å². The number of para-hydroxylation sites is 1. The van der Waals surface area contributed by atoms with Gasteiger partial charge in [0.05, 0.1) is 11.7 Å². The van der Waals surface area contributed by atoms with Crippen LogP contribution in [0.5, 0.6) is 0 Å². The highest BCUT2D eigenvalue weighted by atomic mass is 16.2. The number of rotatable bonds is 3. The molecule has 1 aliphatic heterocycles. The minimum Gasteiger partial charge on any atom is -0.324 e. The van der Waals surface area contributed by atoms with Gasteiger partial charge in [0.25, 0.3) is 0 Å². The molecule has 3 rings (SSSR count). The molecule has 1 aliphatic rings. The number of nitrogens with one attached hydrogen (secondary N) is 3. The summed E-state index contributed by atoms with van der Waals surface area (Å²) < 4.78 is 0. The van der Waals surface area contributed by atoms with E-state index in [0.717, 1.165) is 22.5 Å². The van der Waals surface area contributed by atoms with Gasteiger partial charge >= 0.3 is 0 Å². The van der Waals surface area contributed by atoms with Crippen LogP contribution in [0, 0.1) is 13.8 Å². The minimum absolute atomic E-state index is 0.0247.